The first-order valence-electron chi connectivity index (χ1n) is 9.17. The van der Waals surface area contributed by atoms with E-state index in [2.05, 4.69) is 35.6 Å². The molecule has 0 aliphatic rings. The molecule has 0 bridgehead atoms. The highest BCUT2D eigenvalue weighted by molar-refractivity contribution is 5.14. The fourth-order valence-corrected chi connectivity index (χ4v) is 2.51. The predicted molar refractivity (Wildman–Crippen MR) is 99.1 cm³/mol. The van der Waals surface area contributed by atoms with Crippen molar-refractivity contribution in [2.24, 2.45) is 0 Å². The van der Waals surface area contributed by atoms with Crippen LogP contribution in [0.15, 0.2) is 30.3 Å². The lowest BCUT2D eigenvalue weighted by molar-refractivity contribution is -0.214. The van der Waals surface area contributed by atoms with Gasteiger partial charge >= 0.3 is 0 Å². The van der Waals surface area contributed by atoms with Crippen LogP contribution >= 0.6 is 0 Å². The zero-order chi connectivity index (χ0) is 17.5. The molecule has 0 saturated heterocycles. The molecule has 0 aliphatic carbocycles. The third kappa shape index (κ3) is 10.0. The van der Waals surface area contributed by atoms with Crippen LogP contribution in [0.25, 0.3) is 0 Å². The first kappa shape index (κ1) is 21.1. The predicted octanol–water partition coefficient (Wildman–Crippen LogP) is 4.14. The molecule has 0 spiro atoms. The number of hydrogen-bond donors (Lipinski definition) is 1. The number of methoxy groups -OCH3 is 2. The van der Waals surface area contributed by atoms with Gasteiger partial charge in [0.2, 0.25) is 5.91 Å². The molecule has 0 radical (unpaired) electrons. The van der Waals surface area contributed by atoms with Crippen LogP contribution in [0.2, 0.25) is 0 Å². The first-order valence-corrected chi connectivity index (χ1v) is 9.17. The maximum atomic E-state index is 5.71. The molecule has 0 saturated carbocycles. The van der Waals surface area contributed by atoms with E-state index in [9.17, 15) is 0 Å². The maximum Gasteiger partial charge on any atom is 0.223 e. The van der Waals surface area contributed by atoms with Gasteiger partial charge in [0.1, 0.15) is 0 Å². The normalized spacial score (nSPS) is 11.8. The second kappa shape index (κ2) is 13.4. The SMILES string of the molecule is COC(C)(NCCCCCCOCCCCc1ccccc1)OC. The molecule has 4 nitrogen and oxygen atoms in total. The van der Waals surface area contributed by atoms with E-state index in [4.69, 9.17) is 14.2 Å². The summed E-state index contributed by atoms with van der Waals surface area (Å²) in [5.74, 6) is -0.664. The van der Waals surface area contributed by atoms with E-state index in [0.717, 1.165) is 45.4 Å². The van der Waals surface area contributed by atoms with Gasteiger partial charge < -0.3 is 14.2 Å². The summed E-state index contributed by atoms with van der Waals surface area (Å²) in [6, 6.07) is 10.7. The van der Waals surface area contributed by atoms with E-state index < -0.39 is 5.91 Å². The molecule has 0 aromatic heterocycles. The number of hydrogen-bond acceptors (Lipinski definition) is 4. The van der Waals surface area contributed by atoms with Crippen molar-refractivity contribution >= 4 is 0 Å². The van der Waals surface area contributed by atoms with Crippen molar-refractivity contribution in [2.75, 3.05) is 34.0 Å². The molecule has 0 atom stereocenters. The van der Waals surface area contributed by atoms with Crippen LogP contribution in [0, 0.1) is 0 Å². The molecule has 1 rings (SSSR count). The molecule has 24 heavy (non-hydrogen) atoms. The Kier molecular flexibility index (Phi) is 11.7. The van der Waals surface area contributed by atoms with Gasteiger partial charge in [-0.05, 0) is 37.7 Å². The Bertz CT molecular complexity index is 393. The van der Waals surface area contributed by atoms with Crippen molar-refractivity contribution < 1.29 is 14.2 Å². The third-order valence-corrected chi connectivity index (χ3v) is 4.29. The van der Waals surface area contributed by atoms with Gasteiger partial charge in [-0.15, -0.1) is 0 Å². The molecule has 0 unspecified atom stereocenters. The van der Waals surface area contributed by atoms with E-state index in [1.54, 1.807) is 14.2 Å². The second-order valence-corrected chi connectivity index (χ2v) is 6.25. The Balaban J connectivity index is 1.82. The molecule has 0 aliphatic heterocycles. The highest BCUT2D eigenvalue weighted by Crippen LogP contribution is 2.07. The summed E-state index contributed by atoms with van der Waals surface area (Å²) in [5.41, 5.74) is 1.42. The summed E-state index contributed by atoms with van der Waals surface area (Å²) in [4.78, 5) is 0. The Morgan fingerprint density at radius 2 is 1.46 bits per heavy atom. The Hall–Kier alpha value is -0.940. The number of benzene rings is 1. The number of aryl methyl sites for hydroxylation is 1. The van der Waals surface area contributed by atoms with Gasteiger partial charge in [0.15, 0.2) is 0 Å². The average molecular weight is 338 g/mol. The van der Waals surface area contributed by atoms with Crippen molar-refractivity contribution in [1.29, 1.82) is 0 Å². The summed E-state index contributed by atoms with van der Waals surface area (Å²) in [7, 11) is 3.29. The Morgan fingerprint density at radius 3 is 2.12 bits per heavy atom. The van der Waals surface area contributed by atoms with Crippen molar-refractivity contribution in [3.8, 4) is 0 Å². The number of rotatable bonds is 15. The summed E-state index contributed by atoms with van der Waals surface area (Å²) in [6.45, 7) is 4.55. The number of nitrogens with one attached hydrogen (secondary N) is 1. The molecule has 1 aromatic rings. The van der Waals surface area contributed by atoms with Crippen molar-refractivity contribution in [3.63, 3.8) is 0 Å². The molecule has 138 valence electrons. The van der Waals surface area contributed by atoms with Crippen LogP contribution in [0.4, 0.5) is 0 Å². The topological polar surface area (TPSA) is 39.7 Å². The van der Waals surface area contributed by atoms with Crippen LogP contribution in [0.5, 0.6) is 0 Å². The van der Waals surface area contributed by atoms with Crippen LogP contribution < -0.4 is 5.32 Å². The first-order chi connectivity index (χ1) is 11.7. The van der Waals surface area contributed by atoms with E-state index in [1.165, 1.54) is 24.8 Å². The highest BCUT2D eigenvalue weighted by Gasteiger charge is 2.20. The molecular formula is C20H35NO3. The van der Waals surface area contributed by atoms with Crippen molar-refractivity contribution in [1.82, 2.24) is 5.32 Å². The van der Waals surface area contributed by atoms with E-state index >= 15 is 0 Å². The number of unbranched alkanes of at least 4 members (excludes halogenated alkanes) is 4. The van der Waals surface area contributed by atoms with Gasteiger partial charge in [-0.25, -0.2) is 0 Å². The average Bonchev–Trinajstić information content (AvgIpc) is 2.63. The lowest BCUT2D eigenvalue weighted by Crippen LogP contribution is -2.46. The van der Waals surface area contributed by atoms with Gasteiger partial charge in [0.25, 0.3) is 0 Å². The van der Waals surface area contributed by atoms with Crippen molar-refractivity contribution in [2.45, 2.75) is 57.8 Å². The molecule has 1 N–H and O–H groups in total. The largest absolute Gasteiger partial charge is 0.381 e. The zero-order valence-electron chi connectivity index (χ0n) is 15.7. The molecule has 0 fully saturated rings. The molecule has 1 aromatic carbocycles. The Labute approximate surface area is 147 Å². The summed E-state index contributed by atoms with van der Waals surface area (Å²) in [6.07, 6.45) is 8.18. The lowest BCUT2D eigenvalue weighted by atomic mass is 10.1. The second-order valence-electron chi connectivity index (χ2n) is 6.25. The monoisotopic (exact) mass is 337 g/mol. The molecule has 0 heterocycles. The van der Waals surface area contributed by atoms with E-state index in [-0.39, 0.29) is 0 Å². The standard InChI is InChI=1S/C20H35NO3/c1-20(22-2,23-3)21-16-10-4-5-11-17-24-18-12-9-15-19-13-7-6-8-14-19/h6-8,13-14,21H,4-5,9-12,15-18H2,1-3H3. The quantitative estimate of drug-likeness (QED) is 0.386. The molecule has 4 heteroatoms. The minimum absolute atomic E-state index is 0.664. The lowest BCUT2D eigenvalue weighted by Gasteiger charge is -2.27. The minimum atomic E-state index is -0.664. The maximum absolute atomic E-state index is 5.71. The van der Waals surface area contributed by atoms with Gasteiger partial charge in [0, 0.05) is 40.9 Å². The van der Waals surface area contributed by atoms with E-state index in [0.29, 0.717) is 0 Å². The summed E-state index contributed by atoms with van der Waals surface area (Å²) in [5, 5.41) is 3.26. The highest BCUT2D eigenvalue weighted by atomic mass is 16.7. The van der Waals surface area contributed by atoms with Gasteiger partial charge in [-0.3, -0.25) is 5.32 Å². The fraction of sp³-hybridized carbons (Fsp3) is 0.700. The Morgan fingerprint density at radius 1 is 0.833 bits per heavy atom. The van der Waals surface area contributed by atoms with Crippen LogP contribution in [-0.4, -0.2) is 39.9 Å². The van der Waals surface area contributed by atoms with Crippen LogP contribution in [0.3, 0.4) is 0 Å². The minimum Gasteiger partial charge on any atom is -0.381 e. The summed E-state index contributed by atoms with van der Waals surface area (Å²) >= 11 is 0. The fourth-order valence-electron chi connectivity index (χ4n) is 2.51. The zero-order valence-corrected chi connectivity index (χ0v) is 15.7. The summed E-state index contributed by atoms with van der Waals surface area (Å²) < 4.78 is 16.2. The van der Waals surface area contributed by atoms with Crippen molar-refractivity contribution in [3.05, 3.63) is 35.9 Å². The van der Waals surface area contributed by atoms with Gasteiger partial charge in [0.05, 0.1) is 0 Å². The van der Waals surface area contributed by atoms with Gasteiger partial charge in [-0.1, -0.05) is 43.2 Å². The molecular weight excluding hydrogens is 302 g/mol. The number of ether oxygens (including phenoxy) is 3. The molecule has 0 amide bonds. The van der Waals surface area contributed by atoms with Gasteiger partial charge in [-0.2, -0.15) is 0 Å². The van der Waals surface area contributed by atoms with E-state index in [1.807, 2.05) is 6.92 Å². The smallest absolute Gasteiger partial charge is 0.223 e. The third-order valence-electron chi connectivity index (χ3n) is 4.29. The van der Waals surface area contributed by atoms with Crippen LogP contribution in [-0.2, 0) is 20.6 Å². The van der Waals surface area contributed by atoms with Crippen LogP contribution in [0.1, 0.15) is 51.0 Å².